The third kappa shape index (κ3) is 3.88. The van der Waals surface area contributed by atoms with Gasteiger partial charge in [-0.1, -0.05) is 0 Å². The summed E-state index contributed by atoms with van der Waals surface area (Å²) < 4.78 is 0. The van der Waals surface area contributed by atoms with Gasteiger partial charge in [-0.05, 0) is 0 Å². The highest BCUT2D eigenvalue weighted by atomic mass is 16.2. The minimum Gasteiger partial charge on any atom is -0.388 e. The second-order valence-electron chi connectivity index (χ2n) is 2.22. The summed E-state index contributed by atoms with van der Waals surface area (Å²) in [7, 11) is 1.69. The Morgan fingerprint density at radius 3 is 2.50 bits per heavy atom. The molecule has 0 aliphatic heterocycles. The minimum absolute atomic E-state index is 0.00116. The highest BCUT2D eigenvalue weighted by Gasteiger charge is 2.00. The van der Waals surface area contributed by atoms with Crippen LogP contribution in [0.1, 0.15) is 13.3 Å². The number of hydrogen-bond donors (Lipinski definition) is 2. The maximum atomic E-state index is 10.6. The fourth-order valence-corrected chi connectivity index (χ4v) is 0.446. The molecule has 4 nitrogen and oxygen atoms in total. The van der Waals surface area contributed by atoms with Crippen LogP contribution in [-0.4, -0.2) is 30.2 Å². The summed E-state index contributed by atoms with van der Waals surface area (Å²) in [5.74, 6) is 0.120. The maximum absolute atomic E-state index is 10.6. The monoisotopic (exact) mass is 143 g/mol. The highest BCUT2D eigenvalue weighted by molar-refractivity contribution is 5.78. The fraction of sp³-hybridized carbons (Fsp3) is 0.667. The van der Waals surface area contributed by atoms with Crippen molar-refractivity contribution < 1.29 is 4.79 Å². The number of rotatable bonds is 3. The summed E-state index contributed by atoms with van der Waals surface area (Å²) in [4.78, 5) is 12.1. The normalized spacial score (nSPS) is 9.00. The van der Waals surface area contributed by atoms with Crippen molar-refractivity contribution in [3.63, 3.8) is 0 Å². The van der Waals surface area contributed by atoms with Crippen molar-refractivity contribution in [3.05, 3.63) is 0 Å². The predicted octanol–water partition coefficient (Wildman–Crippen LogP) is -0.209. The number of carbonyl (C=O) groups is 1. The maximum Gasteiger partial charge on any atom is 0.219 e. The van der Waals surface area contributed by atoms with Crippen molar-refractivity contribution in [2.75, 3.05) is 13.6 Å². The van der Waals surface area contributed by atoms with Crippen LogP contribution in [-0.2, 0) is 4.79 Å². The molecule has 0 saturated carbocycles. The smallest absolute Gasteiger partial charge is 0.219 e. The van der Waals surface area contributed by atoms with Crippen LogP contribution in [0.3, 0.4) is 0 Å². The number of nitrogens with zero attached hydrogens (tertiary/aromatic N) is 1. The zero-order valence-electron chi connectivity index (χ0n) is 6.35. The van der Waals surface area contributed by atoms with E-state index in [0.29, 0.717) is 13.0 Å². The van der Waals surface area contributed by atoms with Gasteiger partial charge in [0.1, 0.15) is 0 Å². The molecule has 0 aromatic rings. The van der Waals surface area contributed by atoms with Gasteiger partial charge >= 0.3 is 0 Å². The van der Waals surface area contributed by atoms with Crippen LogP contribution in [0.25, 0.3) is 0 Å². The molecule has 0 aliphatic carbocycles. The second kappa shape index (κ2) is 3.87. The molecular weight excluding hydrogens is 130 g/mol. The lowest BCUT2D eigenvalue weighted by Gasteiger charge is -2.13. The lowest BCUT2D eigenvalue weighted by molar-refractivity contribution is -0.127. The summed E-state index contributed by atoms with van der Waals surface area (Å²) >= 11 is 0. The Kier molecular flexibility index (Phi) is 3.46. The van der Waals surface area contributed by atoms with E-state index in [1.165, 1.54) is 11.8 Å². The van der Waals surface area contributed by atoms with Crippen molar-refractivity contribution in [1.82, 2.24) is 4.90 Å². The van der Waals surface area contributed by atoms with Gasteiger partial charge in [-0.2, -0.15) is 0 Å². The molecule has 0 aliphatic rings. The molecule has 0 rings (SSSR count). The van der Waals surface area contributed by atoms with Crippen LogP contribution < -0.4 is 5.73 Å². The van der Waals surface area contributed by atoms with Gasteiger partial charge in [0.2, 0.25) is 5.91 Å². The van der Waals surface area contributed by atoms with Gasteiger partial charge in [0.05, 0.1) is 5.84 Å². The zero-order chi connectivity index (χ0) is 8.15. The summed E-state index contributed by atoms with van der Waals surface area (Å²) in [6.07, 6.45) is 0.454. The van der Waals surface area contributed by atoms with Crippen LogP contribution >= 0.6 is 0 Å². The number of nitrogens with two attached hydrogens (primary N) is 1. The van der Waals surface area contributed by atoms with Crippen LogP contribution in [0.2, 0.25) is 0 Å². The number of nitrogens with one attached hydrogen (secondary N) is 1. The molecule has 0 aromatic heterocycles. The fourth-order valence-electron chi connectivity index (χ4n) is 0.446. The van der Waals surface area contributed by atoms with Gasteiger partial charge in [0, 0.05) is 26.9 Å². The predicted molar refractivity (Wildman–Crippen MR) is 39.8 cm³/mol. The van der Waals surface area contributed by atoms with Gasteiger partial charge in [-0.25, -0.2) is 0 Å². The Morgan fingerprint density at radius 2 is 2.20 bits per heavy atom. The molecule has 3 N–H and O–H groups in total. The van der Waals surface area contributed by atoms with Crippen molar-refractivity contribution in [3.8, 4) is 0 Å². The van der Waals surface area contributed by atoms with E-state index in [-0.39, 0.29) is 11.7 Å². The summed E-state index contributed by atoms with van der Waals surface area (Å²) in [6.45, 7) is 2.02. The Balaban J connectivity index is 3.49. The van der Waals surface area contributed by atoms with Gasteiger partial charge < -0.3 is 10.6 Å². The van der Waals surface area contributed by atoms with Gasteiger partial charge in [0.25, 0.3) is 0 Å². The van der Waals surface area contributed by atoms with E-state index in [1.807, 2.05) is 0 Å². The van der Waals surface area contributed by atoms with E-state index >= 15 is 0 Å². The molecule has 10 heavy (non-hydrogen) atoms. The first-order valence-corrected chi connectivity index (χ1v) is 3.08. The number of amidine groups is 1. The number of amides is 1. The van der Waals surface area contributed by atoms with Crippen LogP contribution in [0.5, 0.6) is 0 Å². The molecule has 0 saturated heterocycles. The Labute approximate surface area is 60.5 Å². The molecule has 0 fully saturated rings. The van der Waals surface area contributed by atoms with Crippen molar-refractivity contribution in [2.45, 2.75) is 13.3 Å². The van der Waals surface area contributed by atoms with Gasteiger partial charge in [-0.3, -0.25) is 10.2 Å². The highest BCUT2D eigenvalue weighted by Crippen LogP contribution is 1.86. The Morgan fingerprint density at radius 1 is 1.70 bits per heavy atom. The molecule has 0 aromatic carbocycles. The lowest BCUT2D eigenvalue weighted by atomic mass is 10.4. The second-order valence-corrected chi connectivity index (χ2v) is 2.22. The van der Waals surface area contributed by atoms with Crippen LogP contribution in [0.4, 0.5) is 0 Å². The first-order chi connectivity index (χ1) is 4.54. The number of carbonyl (C=O) groups excluding carboxylic acids is 1. The molecule has 0 heterocycles. The Hall–Kier alpha value is -1.06. The minimum atomic E-state index is 0.00116. The average molecular weight is 143 g/mol. The molecule has 1 amide bonds. The molecule has 4 heteroatoms. The molecule has 0 spiro atoms. The van der Waals surface area contributed by atoms with E-state index in [0.717, 1.165) is 0 Å². The molecule has 0 radical (unpaired) electrons. The van der Waals surface area contributed by atoms with E-state index in [2.05, 4.69) is 0 Å². The van der Waals surface area contributed by atoms with Crippen molar-refractivity contribution >= 4 is 11.7 Å². The lowest BCUT2D eigenvalue weighted by Crippen LogP contribution is -2.27. The molecule has 0 atom stereocenters. The molecule has 0 bridgehead atoms. The van der Waals surface area contributed by atoms with Gasteiger partial charge in [-0.15, -0.1) is 0 Å². The standard InChI is InChI=1S/C6H13N3O/c1-5(10)9(2)4-3-6(7)8/h3-4H2,1-2H3,(H3,7,8). The quantitative estimate of drug-likeness (QED) is 0.424. The third-order valence-corrected chi connectivity index (χ3v) is 1.25. The Bertz CT molecular complexity index is 144. The largest absolute Gasteiger partial charge is 0.388 e. The van der Waals surface area contributed by atoms with E-state index in [9.17, 15) is 4.79 Å². The molecular formula is C6H13N3O. The van der Waals surface area contributed by atoms with Crippen LogP contribution in [0, 0.1) is 5.41 Å². The van der Waals surface area contributed by atoms with Gasteiger partial charge in [0.15, 0.2) is 0 Å². The number of hydrogen-bond acceptors (Lipinski definition) is 2. The molecule has 58 valence electrons. The summed E-state index contributed by atoms with van der Waals surface area (Å²) in [6, 6.07) is 0. The first-order valence-electron chi connectivity index (χ1n) is 3.08. The van der Waals surface area contributed by atoms with E-state index in [1.54, 1.807) is 7.05 Å². The van der Waals surface area contributed by atoms with Crippen molar-refractivity contribution in [2.24, 2.45) is 5.73 Å². The topological polar surface area (TPSA) is 70.2 Å². The SMILES string of the molecule is CC(=O)N(C)CCC(=N)N. The van der Waals surface area contributed by atoms with E-state index in [4.69, 9.17) is 11.1 Å². The van der Waals surface area contributed by atoms with Crippen LogP contribution in [0.15, 0.2) is 0 Å². The zero-order valence-corrected chi connectivity index (χ0v) is 6.35. The first kappa shape index (κ1) is 8.94. The van der Waals surface area contributed by atoms with E-state index < -0.39 is 0 Å². The van der Waals surface area contributed by atoms with Crippen molar-refractivity contribution in [1.29, 1.82) is 5.41 Å². The third-order valence-electron chi connectivity index (χ3n) is 1.25. The average Bonchev–Trinajstić information content (AvgIpc) is 1.82. The molecule has 0 unspecified atom stereocenters. The summed E-state index contributed by atoms with van der Waals surface area (Å²) in [5.41, 5.74) is 5.09. The summed E-state index contributed by atoms with van der Waals surface area (Å²) in [5, 5.41) is 6.87.